The standard InChI is InChI=1S/C19H19N5O/c1-25-13-18-22-8-7-17(23-18)16-6-3-9-24(12-16)19-14(10-20)4-2-5-15(19)11-21/h2,4-5,7-8,16H,3,6,9,12-13H2,1H3. The van der Waals surface area contributed by atoms with Crippen molar-refractivity contribution in [1.82, 2.24) is 9.97 Å². The molecule has 0 spiro atoms. The van der Waals surface area contributed by atoms with E-state index in [1.807, 2.05) is 6.07 Å². The van der Waals surface area contributed by atoms with Crippen LogP contribution in [0.25, 0.3) is 0 Å². The Morgan fingerprint density at radius 2 is 2.00 bits per heavy atom. The minimum Gasteiger partial charge on any atom is -0.377 e. The van der Waals surface area contributed by atoms with E-state index in [4.69, 9.17) is 4.74 Å². The lowest BCUT2D eigenvalue weighted by atomic mass is 9.93. The predicted molar refractivity (Wildman–Crippen MR) is 92.8 cm³/mol. The summed E-state index contributed by atoms with van der Waals surface area (Å²) in [6.45, 7) is 1.96. The molecular formula is C19H19N5O. The lowest BCUT2D eigenvalue weighted by Gasteiger charge is -2.35. The molecule has 1 aliphatic heterocycles. The number of aromatic nitrogens is 2. The number of rotatable bonds is 4. The number of nitriles is 2. The average Bonchev–Trinajstić information content (AvgIpc) is 2.68. The number of benzene rings is 1. The molecule has 0 N–H and O–H groups in total. The predicted octanol–water partition coefficient (Wildman–Crippen LogP) is 2.75. The second-order valence-electron chi connectivity index (χ2n) is 6.04. The fourth-order valence-electron chi connectivity index (χ4n) is 3.33. The fraction of sp³-hybridized carbons (Fsp3) is 0.368. The van der Waals surface area contributed by atoms with Crippen molar-refractivity contribution in [3.05, 3.63) is 53.1 Å². The first-order valence-corrected chi connectivity index (χ1v) is 8.25. The summed E-state index contributed by atoms with van der Waals surface area (Å²) in [5.74, 6) is 0.915. The van der Waals surface area contributed by atoms with Crippen LogP contribution in [-0.4, -0.2) is 30.2 Å². The van der Waals surface area contributed by atoms with E-state index in [9.17, 15) is 10.5 Å². The van der Waals surface area contributed by atoms with Crippen LogP contribution in [0, 0.1) is 22.7 Å². The Morgan fingerprint density at radius 1 is 1.24 bits per heavy atom. The maximum absolute atomic E-state index is 9.43. The molecule has 6 heteroatoms. The van der Waals surface area contributed by atoms with E-state index in [2.05, 4.69) is 27.0 Å². The molecule has 3 rings (SSSR count). The Kier molecular flexibility index (Phi) is 5.23. The number of para-hydroxylation sites is 1. The maximum Gasteiger partial charge on any atom is 0.154 e. The van der Waals surface area contributed by atoms with Gasteiger partial charge in [-0.25, -0.2) is 9.97 Å². The first-order valence-electron chi connectivity index (χ1n) is 8.25. The molecule has 1 aromatic carbocycles. The molecular weight excluding hydrogens is 314 g/mol. The molecule has 126 valence electrons. The summed E-state index contributed by atoms with van der Waals surface area (Å²) in [6.07, 6.45) is 3.77. The zero-order valence-corrected chi connectivity index (χ0v) is 14.1. The Bertz CT molecular complexity index is 804. The number of ether oxygens (including phenoxy) is 1. The second-order valence-corrected chi connectivity index (χ2v) is 6.04. The Labute approximate surface area is 147 Å². The number of methoxy groups -OCH3 is 1. The van der Waals surface area contributed by atoms with Crippen LogP contribution in [0.4, 0.5) is 5.69 Å². The van der Waals surface area contributed by atoms with Crippen molar-refractivity contribution in [1.29, 1.82) is 10.5 Å². The van der Waals surface area contributed by atoms with Crippen LogP contribution in [0.2, 0.25) is 0 Å². The van der Waals surface area contributed by atoms with Gasteiger partial charge in [0.05, 0.1) is 16.8 Å². The van der Waals surface area contributed by atoms with Gasteiger partial charge in [0.25, 0.3) is 0 Å². The highest BCUT2D eigenvalue weighted by atomic mass is 16.5. The summed E-state index contributed by atoms with van der Waals surface area (Å²) in [5.41, 5.74) is 2.81. The van der Waals surface area contributed by atoms with Crippen LogP contribution in [0.3, 0.4) is 0 Å². The first-order chi connectivity index (χ1) is 12.3. The topological polar surface area (TPSA) is 85.8 Å². The Hall–Kier alpha value is -2.96. The minimum atomic E-state index is 0.241. The summed E-state index contributed by atoms with van der Waals surface area (Å²) in [5, 5.41) is 18.9. The van der Waals surface area contributed by atoms with E-state index >= 15 is 0 Å². The van der Waals surface area contributed by atoms with Gasteiger partial charge in [-0.05, 0) is 31.0 Å². The van der Waals surface area contributed by atoms with E-state index in [-0.39, 0.29) is 5.92 Å². The molecule has 0 bridgehead atoms. The number of hydrogen-bond donors (Lipinski definition) is 0. The second kappa shape index (κ2) is 7.74. The van der Waals surface area contributed by atoms with E-state index in [1.165, 1.54) is 0 Å². The van der Waals surface area contributed by atoms with Crippen molar-refractivity contribution in [2.24, 2.45) is 0 Å². The van der Waals surface area contributed by atoms with Gasteiger partial charge in [0.15, 0.2) is 5.82 Å². The molecule has 0 saturated carbocycles. The van der Waals surface area contributed by atoms with Crippen molar-refractivity contribution in [2.75, 3.05) is 25.1 Å². The van der Waals surface area contributed by atoms with Gasteiger partial charge in [-0.15, -0.1) is 0 Å². The van der Waals surface area contributed by atoms with Crippen LogP contribution >= 0.6 is 0 Å². The highest BCUT2D eigenvalue weighted by molar-refractivity contribution is 5.68. The fourth-order valence-corrected chi connectivity index (χ4v) is 3.33. The third-order valence-corrected chi connectivity index (χ3v) is 4.43. The van der Waals surface area contributed by atoms with Crippen LogP contribution < -0.4 is 4.90 Å². The van der Waals surface area contributed by atoms with Crippen LogP contribution in [-0.2, 0) is 11.3 Å². The summed E-state index contributed by atoms with van der Waals surface area (Å²) in [6, 6.07) is 11.6. The van der Waals surface area contributed by atoms with E-state index < -0.39 is 0 Å². The SMILES string of the molecule is COCc1nccc(C2CCCN(c3c(C#N)cccc3C#N)C2)n1. The third-order valence-electron chi connectivity index (χ3n) is 4.43. The largest absolute Gasteiger partial charge is 0.377 e. The molecule has 2 heterocycles. The number of nitrogens with zero attached hydrogens (tertiary/aromatic N) is 5. The molecule has 0 amide bonds. The molecule has 6 nitrogen and oxygen atoms in total. The van der Waals surface area contributed by atoms with Gasteiger partial charge in [0.1, 0.15) is 18.7 Å². The number of hydrogen-bond acceptors (Lipinski definition) is 6. The van der Waals surface area contributed by atoms with Crippen molar-refractivity contribution < 1.29 is 4.74 Å². The molecule has 2 aromatic rings. The minimum absolute atomic E-state index is 0.241. The van der Waals surface area contributed by atoms with Gasteiger partial charge in [0.2, 0.25) is 0 Å². The molecule has 1 atom stereocenters. The maximum atomic E-state index is 9.43. The first kappa shape index (κ1) is 16.9. The van der Waals surface area contributed by atoms with Crippen molar-refractivity contribution in [3.63, 3.8) is 0 Å². The highest BCUT2D eigenvalue weighted by Crippen LogP contribution is 2.32. The van der Waals surface area contributed by atoms with Gasteiger partial charge in [-0.3, -0.25) is 0 Å². The average molecular weight is 333 g/mol. The van der Waals surface area contributed by atoms with Gasteiger partial charge in [-0.1, -0.05) is 6.07 Å². The van der Waals surface area contributed by atoms with E-state index in [1.54, 1.807) is 31.5 Å². The van der Waals surface area contributed by atoms with Crippen LogP contribution in [0.5, 0.6) is 0 Å². The molecule has 1 unspecified atom stereocenters. The zero-order chi connectivity index (χ0) is 17.6. The summed E-state index contributed by atoms with van der Waals surface area (Å²) < 4.78 is 5.11. The molecule has 0 aliphatic carbocycles. The van der Waals surface area contributed by atoms with Crippen molar-refractivity contribution in [3.8, 4) is 12.1 Å². The Morgan fingerprint density at radius 3 is 2.68 bits per heavy atom. The molecule has 0 radical (unpaired) electrons. The monoisotopic (exact) mass is 333 g/mol. The molecule has 1 aliphatic rings. The lowest BCUT2D eigenvalue weighted by molar-refractivity contribution is 0.177. The summed E-state index contributed by atoms with van der Waals surface area (Å²) in [4.78, 5) is 11.0. The Balaban J connectivity index is 1.89. The number of anilines is 1. The quantitative estimate of drug-likeness (QED) is 0.855. The third kappa shape index (κ3) is 3.60. The van der Waals surface area contributed by atoms with Crippen LogP contribution in [0.1, 0.15) is 41.4 Å². The smallest absolute Gasteiger partial charge is 0.154 e. The molecule has 1 aromatic heterocycles. The van der Waals surface area contributed by atoms with E-state index in [0.29, 0.717) is 23.6 Å². The molecule has 1 saturated heterocycles. The lowest BCUT2D eigenvalue weighted by Crippen LogP contribution is -2.35. The van der Waals surface area contributed by atoms with Gasteiger partial charge in [-0.2, -0.15) is 10.5 Å². The van der Waals surface area contributed by atoms with Crippen LogP contribution in [0.15, 0.2) is 30.5 Å². The zero-order valence-electron chi connectivity index (χ0n) is 14.1. The van der Waals surface area contributed by atoms with Crippen molar-refractivity contribution >= 4 is 5.69 Å². The van der Waals surface area contributed by atoms with Gasteiger partial charge in [0, 0.05) is 38.0 Å². The normalized spacial score (nSPS) is 16.9. The number of piperidine rings is 1. The van der Waals surface area contributed by atoms with E-state index in [0.717, 1.165) is 37.3 Å². The molecule has 25 heavy (non-hydrogen) atoms. The summed E-state index contributed by atoms with van der Waals surface area (Å²) in [7, 11) is 1.63. The van der Waals surface area contributed by atoms with Gasteiger partial charge >= 0.3 is 0 Å². The van der Waals surface area contributed by atoms with Gasteiger partial charge < -0.3 is 9.64 Å². The highest BCUT2D eigenvalue weighted by Gasteiger charge is 2.26. The summed E-state index contributed by atoms with van der Waals surface area (Å²) >= 11 is 0. The van der Waals surface area contributed by atoms with Crippen molar-refractivity contribution in [2.45, 2.75) is 25.4 Å². The molecule has 1 fully saturated rings.